The van der Waals surface area contributed by atoms with Gasteiger partial charge in [0.1, 0.15) is 5.75 Å². The van der Waals surface area contributed by atoms with Crippen LogP contribution in [0.4, 0.5) is 0 Å². The van der Waals surface area contributed by atoms with Crippen LogP contribution < -0.4 is 4.74 Å². The number of rotatable bonds is 6. The van der Waals surface area contributed by atoms with Crippen molar-refractivity contribution in [1.82, 2.24) is 25.0 Å². The molecule has 8 heteroatoms. The number of benzene rings is 2. The summed E-state index contributed by atoms with van der Waals surface area (Å²) < 4.78 is 13.0. The molecule has 2 heterocycles. The lowest BCUT2D eigenvalue weighted by Gasteiger charge is -2.02. The molecule has 0 saturated carbocycles. The first-order valence-corrected chi connectivity index (χ1v) is 9.27. The van der Waals surface area contributed by atoms with Gasteiger partial charge < -0.3 is 13.7 Å². The van der Waals surface area contributed by atoms with Crippen molar-refractivity contribution in [3.63, 3.8) is 0 Å². The molecule has 0 radical (unpaired) electrons. The van der Waals surface area contributed by atoms with Gasteiger partial charge in [0.15, 0.2) is 11.0 Å². The first-order chi connectivity index (χ1) is 13.2. The van der Waals surface area contributed by atoms with Crippen molar-refractivity contribution in [2.75, 3.05) is 7.11 Å². The minimum absolute atomic E-state index is 0.465. The highest BCUT2D eigenvalue weighted by atomic mass is 32.2. The predicted molar refractivity (Wildman–Crippen MR) is 102 cm³/mol. The van der Waals surface area contributed by atoms with Crippen molar-refractivity contribution in [2.24, 2.45) is 7.05 Å². The highest BCUT2D eigenvalue weighted by Gasteiger charge is 2.14. The van der Waals surface area contributed by atoms with E-state index in [-0.39, 0.29) is 0 Å². The van der Waals surface area contributed by atoms with Crippen LogP contribution in [0.1, 0.15) is 5.89 Å². The molecular formula is C19H17N5O2S. The Kier molecular flexibility index (Phi) is 4.88. The molecule has 0 N–H and O–H groups in total. The molecule has 0 unspecified atom stereocenters. The average molecular weight is 379 g/mol. The molecule has 0 fully saturated rings. The summed E-state index contributed by atoms with van der Waals surface area (Å²) in [6.45, 7) is 0. The van der Waals surface area contributed by atoms with E-state index in [0.29, 0.717) is 17.5 Å². The maximum atomic E-state index is 5.77. The molecule has 27 heavy (non-hydrogen) atoms. The lowest BCUT2D eigenvalue weighted by atomic mass is 10.2. The maximum absolute atomic E-state index is 5.77. The molecule has 0 amide bonds. The van der Waals surface area contributed by atoms with Gasteiger partial charge in [0, 0.05) is 18.2 Å². The van der Waals surface area contributed by atoms with Crippen LogP contribution in [0.25, 0.3) is 22.8 Å². The molecule has 0 spiro atoms. The minimum atomic E-state index is 0.465. The lowest BCUT2D eigenvalue weighted by Crippen LogP contribution is -1.95. The van der Waals surface area contributed by atoms with Crippen molar-refractivity contribution in [1.29, 1.82) is 0 Å². The average Bonchev–Trinajstić information content (AvgIpc) is 3.34. The molecule has 0 atom stereocenters. The maximum Gasteiger partial charge on any atom is 0.247 e. The Labute approximate surface area is 160 Å². The Morgan fingerprint density at radius 1 is 0.963 bits per heavy atom. The fraction of sp³-hybridized carbons (Fsp3) is 0.158. The highest BCUT2D eigenvalue weighted by molar-refractivity contribution is 7.98. The van der Waals surface area contributed by atoms with E-state index in [4.69, 9.17) is 9.15 Å². The second kappa shape index (κ2) is 7.63. The molecule has 0 aliphatic carbocycles. The van der Waals surface area contributed by atoms with E-state index >= 15 is 0 Å². The first kappa shape index (κ1) is 17.3. The molecule has 7 nitrogen and oxygen atoms in total. The summed E-state index contributed by atoms with van der Waals surface area (Å²) in [6.07, 6.45) is 0. The molecule has 0 aliphatic rings. The van der Waals surface area contributed by atoms with Crippen LogP contribution in [0.2, 0.25) is 0 Å². The Hall–Kier alpha value is -3.13. The second-order valence-corrected chi connectivity index (χ2v) is 6.70. The standard InChI is InChI=1S/C19H17N5O2S/c1-24-17(13-7-4-3-5-8-13)21-23-19(24)27-12-16-20-22-18(26-16)14-9-6-10-15(11-14)25-2/h3-11H,12H2,1-2H3. The van der Waals surface area contributed by atoms with E-state index in [1.165, 1.54) is 11.8 Å². The molecular weight excluding hydrogens is 362 g/mol. The number of nitrogens with zero attached hydrogens (tertiary/aromatic N) is 5. The van der Waals surface area contributed by atoms with Crippen molar-refractivity contribution in [3.05, 3.63) is 60.5 Å². The van der Waals surface area contributed by atoms with Crippen molar-refractivity contribution in [3.8, 4) is 28.6 Å². The van der Waals surface area contributed by atoms with Gasteiger partial charge in [0.2, 0.25) is 11.8 Å². The third-order valence-corrected chi connectivity index (χ3v) is 4.98. The number of methoxy groups -OCH3 is 1. The number of ether oxygens (including phenoxy) is 1. The molecule has 136 valence electrons. The summed E-state index contributed by atoms with van der Waals surface area (Å²) in [5, 5.41) is 17.6. The van der Waals surface area contributed by atoms with Crippen LogP contribution in [0.3, 0.4) is 0 Å². The summed E-state index contributed by atoms with van der Waals surface area (Å²) >= 11 is 1.50. The van der Waals surface area contributed by atoms with Gasteiger partial charge in [0.05, 0.1) is 12.9 Å². The Balaban J connectivity index is 1.47. The summed E-state index contributed by atoms with van der Waals surface area (Å²) in [5.41, 5.74) is 1.85. The van der Waals surface area contributed by atoms with Gasteiger partial charge >= 0.3 is 0 Å². The quantitative estimate of drug-likeness (QED) is 0.471. The van der Waals surface area contributed by atoms with Crippen molar-refractivity contribution in [2.45, 2.75) is 10.9 Å². The van der Waals surface area contributed by atoms with E-state index in [1.807, 2.05) is 66.2 Å². The third-order valence-electron chi connectivity index (χ3n) is 3.98. The molecule has 4 aromatic rings. The number of thioether (sulfide) groups is 1. The fourth-order valence-electron chi connectivity index (χ4n) is 2.59. The molecule has 0 aliphatic heterocycles. The van der Waals surface area contributed by atoms with Gasteiger partial charge in [-0.05, 0) is 18.2 Å². The zero-order valence-electron chi connectivity index (χ0n) is 14.9. The second-order valence-electron chi connectivity index (χ2n) is 5.75. The predicted octanol–water partition coefficient (Wildman–Crippen LogP) is 3.83. The SMILES string of the molecule is COc1cccc(-c2nnc(CSc3nnc(-c4ccccc4)n3C)o2)c1. The fourth-order valence-corrected chi connectivity index (χ4v) is 3.34. The normalized spacial score (nSPS) is 10.9. The van der Waals surface area contributed by atoms with Gasteiger partial charge in [0.25, 0.3) is 0 Å². The molecule has 2 aromatic carbocycles. The van der Waals surface area contributed by atoms with E-state index in [0.717, 1.165) is 27.9 Å². The number of aromatic nitrogens is 5. The van der Waals surface area contributed by atoms with Crippen LogP contribution >= 0.6 is 11.8 Å². The molecule has 2 aromatic heterocycles. The Morgan fingerprint density at radius 3 is 2.59 bits per heavy atom. The summed E-state index contributed by atoms with van der Waals surface area (Å²) in [4.78, 5) is 0. The van der Waals surface area contributed by atoms with Gasteiger partial charge in [-0.3, -0.25) is 0 Å². The van der Waals surface area contributed by atoms with Gasteiger partial charge in [-0.25, -0.2) is 0 Å². The van der Waals surface area contributed by atoms with E-state index in [9.17, 15) is 0 Å². The van der Waals surface area contributed by atoms with Crippen LogP contribution in [0.5, 0.6) is 5.75 Å². The van der Waals surface area contributed by atoms with Gasteiger partial charge in [-0.2, -0.15) is 0 Å². The lowest BCUT2D eigenvalue weighted by molar-refractivity contribution is 0.414. The minimum Gasteiger partial charge on any atom is -0.497 e. The van der Waals surface area contributed by atoms with Crippen LogP contribution in [0.15, 0.2) is 64.2 Å². The Morgan fingerprint density at radius 2 is 1.78 bits per heavy atom. The van der Waals surface area contributed by atoms with Crippen LogP contribution in [0, 0.1) is 0 Å². The third kappa shape index (κ3) is 3.70. The zero-order chi connectivity index (χ0) is 18.6. The molecule has 0 saturated heterocycles. The van der Waals surface area contributed by atoms with Gasteiger partial charge in [-0.1, -0.05) is 48.2 Å². The largest absolute Gasteiger partial charge is 0.497 e. The Bertz CT molecular complexity index is 1050. The summed E-state index contributed by atoms with van der Waals surface area (Å²) in [5.74, 6) is 3.07. The first-order valence-electron chi connectivity index (χ1n) is 8.29. The van der Waals surface area contributed by atoms with E-state index in [2.05, 4.69) is 20.4 Å². The van der Waals surface area contributed by atoms with Crippen molar-refractivity contribution >= 4 is 11.8 Å². The van der Waals surface area contributed by atoms with Crippen LogP contribution in [-0.2, 0) is 12.8 Å². The highest BCUT2D eigenvalue weighted by Crippen LogP contribution is 2.27. The topological polar surface area (TPSA) is 78.9 Å². The number of hydrogen-bond acceptors (Lipinski definition) is 7. The summed E-state index contributed by atoms with van der Waals surface area (Å²) in [7, 11) is 3.57. The van der Waals surface area contributed by atoms with Crippen LogP contribution in [-0.4, -0.2) is 32.1 Å². The van der Waals surface area contributed by atoms with Crippen molar-refractivity contribution < 1.29 is 9.15 Å². The number of hydrogen-bond donors (Lipinski definition) is 0. The monoisotopic (exact) mass is 379 g/mol. The van der Waals surface area contributed by atoms with E-state index in [1.54, 1.807) is 7.11 Å². The smallest absolute Gasteiger partial charge is 0.247 e. The molecule has 0 bridgehead atoms. The zero-order valence-corrected chi connectivity index (χ0v) is 15.7. The van der Waals surface area contributed by atoms with Gasteiger partial charge in [-0.15, -0.1) is 20.4 Å². The molecule has 4 rings (SSSR count). The summed E-state index contributed by atoms with van der Waals surface area (Å²) in [6, 6.07) is 17.5. The van der Waals surface area contributed by atoms with E-state index < -0.39 is 0 Å².